The van der Waals surface area contributed by atoms with Crippen molar-refractivity contribution in [2.75, 3.05) is 19.5 Å². The quantitative estimate of drug-likeness (QED) is 0.432. The van der Waals surface area contributed by atoms with Crippen molar-refractivity contribution in [3.8, 4) is 5.75 Å². The molecule has 7 heteroatoms. The third-order valence-electron chi connectivity index (χ3n) is 6.53. The fourth-order valence-electron chi connectivity index (χ4n) is 4.94. The maximum Gasteiger partial charge on any atom is 0.254 e. The van der Waals surface area contributed by atoms with E-state index in [0.29, 0.717) is 27.6 Å². The lowest BCUT2D eigenvalue weighted by Gasteiger charge is -2.39. The predicted octanol–water partition coefficient (Wildman–Crippen LogP) is 5.39. The van der Waals surface area contributed by atoms with E-state index in [1.807, 2.05) is 60.3 Å². The average molecular weight is 474 g/mol. The molecule has 4 aromatic rings. The van der Waals surface area contributed by atoms with Crippen LogP contribution in [0.2, 0.25) is 5.02 Å². The van der Waals surface area contributed by atoms with Crippen LogP contribution in [-0.2, 0) is 11.8 Å². The largest absolute Gasteiger partial charge is 0.495 e. The van der Waals surface area contributed by atoms with Gasteiger partial charge in [-0.3, -0.25) is 9.59 Å². The number of benzene rings is 3. The van der Waals surface area contributed by atoms with Crippen LogP contribution in [0.25, 0.3) is 10.9 Å². The summed E-state index contributed by atoms with van der Waals surface area (Å²) in [6, 6.07) is 19.9. The van der Waals surface area contributed by atoms with Gasteiger partial charge in [0.05, 0.1) is 24.8 Å². The number of ether oxygens (including phenoxy) is 1. The number of aryl methyl sites for hydroxylation is 1. The Morgan fingerprint density at radius 1 is 1.00 bits per heavy atom. The Hall–Kier alpha value is -3.77. The van der Waals surface area contributed by atoms with Crippen molar-refractivity contribution in [1.29, 1.82) is 0 Å². The van der Waals surface area contributed by atoms with Crippen LogP contribution < -0.4 is 10.1 Å². The smallest absolute Gasteiger partial charge is 0.254 e. The first-order valence-electron chi connectivity index (χ1n) is 10.9. The summed E-state index contributed by atoms with van der Waals surface area (Å²) in [6.07, 6.45) is 2.01. The van der Waals surface area contributed by atoms with E-state index in [1.54, 1.807) is 43.3 Å². The fraction of sp³-hybridized carbons (Fsp3) is 0.185. The van der Waals surface area contributed by atoms with Crippen LogP contribution >= 0.6 is 11.6 Å². The zero-order chi connectivity index (χ0) is 24.0. The molecule has 2 heterocycles. The molecule has 3 aromatic carbocycles. The molecule has 0 aliphatic carbocycles. The van der Waals surface area contributed by atoms with E-state index in [0.717, 1.165) is 16.5 Å². The zero-order valence-electron chi connectivity index (χ0n) is 19.1. The molecule has 1 N–H and O–H groups in total. The molecule has 5 rings (SSSR count). The van der Waals surface area contributed by atoms with Crippen LogP contribution in [0.4, 0.5) is 5.69 Å². The van der Waals surface area contributed by atoms with Gasteiger partial charge in [0.1, 0.15) is 5.75 Å². The number of likely N-dealkylation sites (N-methyl/N-ethyl adjacent to an activating group) is 1. The summed E-state index contributed by atoms with van der Waals surface area (Å²) >= 11 is 6.20. The van der Waals surface area contributed by atoms with Crippen molar-refractivity contribution < 1.29 is 14.3 Å². The van der Waals surface area contributed by atoms with Gasteiger partial charge in [-0.25, -0.2) is 0 Å². The second-order valence-corrected chi connectivity index (χ2v) is 8.91. The molecule has 1 aromatic heterocycles. The number of fused-ring (bicyclic) bond motifs is 2. The Morgan fingerprint density at radius 3 is 2.53 bits per heavy atom. The third-order valence-corrected chi connectivity index (χ3v) is 6.76. The van der Waals surface area contributed by atoms with Gasteiger partial charge in [-0.05, 0) is 35.9 Å². The minimum Gasteiger partial charge on any atom is -0.495 e. The molecule has 0 unspecified atom stereocenters. The number of rotatable bonds is 4. The number of anilines is 1. The number of hydrogen-bond donors (Lipinski definition) is 1. The Balaban J connectivity index is 1.68. The van der Waals surface area contributed by atoms with Crippen LogP contribution in [0, 0.1) is 0 Å². The Bertz CT molecular complexity index is 1430. The molecular formula is C27H24ClN3O3. The maximum absolute atomic E-state index is 13.9. The van der Waals surface area contributed by atoms with Crippen molar-refractivity contribution in [3.05, 3.63) is 94.6 Å². The van der Waals surface area contributed by atoms with Gasteiger partial charge in [0.2, 0.25) is 5.91 Å². The first-order valence-corrected chi connectivity index (χ1v) is 11.3. The second-order valence-electron chi connectivity index (χ2n) is 8.47. The number of amides is 2. The second kappa shape index (κ2) is 8.54. The van der Waals surface area contributed by atoms with Gasteiger partial charge in [0, 0.05) is 47.3 Å². The first-order chi connectivity index (χ1) is 16.4. The van der Waals surface area contributed by atoms with E-state index in [2.05, 4.69) is 5.32 Å². The average Bonchev–Trinajstić information content (AvgIpc) is 3.17. The van der Waals surface area contributed by atoms with E-state index in [4.69, 9.17) is 16.3 Å². The summed E-state index contributed by atoms with van der Waals surface area (Å²) in [6.45, 7) is 0. The summed E-state index contributed by atoms with van der Waals surface area (Å²) in [7, 11) is 5.27. The van der Waals surface area contributed by atoms with E-state index < -0.39 is 12.0 Å². The highest BCUT2D eigenvalue weighted by atomic mass is 35.5. The number of aromatic nitrogens is 1. The molecule has 0 spiro atoms. The van der Waals surface area contributed by atoms with E-state index >= 15 is 0 Å². The molecule has 2 atom stereocenters. The molecule has 0 saturated carbocycles. The number of nitrogens with one attached hydrogen (secondary N) is 1. The van der Waals surface area contributed by atoms with Gasteiger partial charge in [-0.2, -0.15) is 0 Å². The van der Waals surface area contributed by atoms with Crippen LogP contribution in [0.3, 0.4) is 0 Å². The zero-order valence-corrected chi connectivity index (χ0v) is 19.8. The molecule has 0 fully saturated rings. The van der Waals surface area contributed by atoms with Crippen molar-refractivity contribution in [3.63, 3.8) is 0 Å². The highest BCUT2D eigenvalue weighted by Crippen LogP contribution is 2.45. The van der Waals surface area contributed by atoms with Gasteiger partial charge in [-0.15, -0.1) is 0 Å². The molecule has 2 amide bonds. The van der Waals surface area contributed by atoms with Crippen LogP contribution in [0.1, 0.15) is 33.4 Å². The molecule has 0 saturated heterocycles. The van der Waals surface area contributed by atoms with Crippen molar-refractivity contribution >= 4 is 40.0 Å². The molecule has 34 heavy (non-hydrogen) atoms. The predicted molar refractivity (Wildman–Crippen MR) is 134 cm³/mol. The molecular weight excluding hydrogens is 450 g/mol. The van der Waals surface area contributed by atoms with Gasteiger partial charge in [0.15, 0.2) is 0 Å². The van der Waals surface area contributed by atoms with Gasteiger partial charge in [0.25, 0.3) is 5.91 Å². The lowest BCUT2D eigenvalue weighted by Crippen LogP contribution is -2.44. The van der Waals surface area contributed by atoms with Gasteiger partial charge >= 0.3 is 0 Å². The number of halogens is 1. The van der Waals surface area contributed by atoms with Crippen molar-refractivity contribution in [2.24, 2.45) is 7.05 Å². The topological polar surface area (TPSA) is 63.6 Å². The molecule has 1 aliphatic heterocycles. The molecule has 172 valence electrons. The molecule has 0 radical (unpaired) electrons. The Morgan fingerprint density at radius 2 is 1.74 bits per heavy atom. The number of carbonyl (C=O) groups is 2. The molecule has 1 aliphatic rings. The lowest BCUT2D eigenvalue weighted by atomic mass is 9.79. The molecule has 6 nitrogen and oxygen atoms in total. The normalized spacial score (nSPS) is 17.5. The molecule has 0 bridgehead atoms. The minimum atomic E-state index is -0.645. The van der Waals surface area contributed by atoms with Crippen LogP contribution in [-0.4, -0.2) is 35.4 Å². The summed E-state index contributed by atoms with van der Waals surface area (Å²) in [4.78, 5) is 29.0. The van der Waals surface area contributed by atoms with Gasteiger partial charge < -0.3 is 19.5 Å². The van der Waals surface area contributed by atoms with E-state index in [9.17, 15) is 9.59 Å². The Labute approximate surface area is 202 Å². The summed E-state index contributed by atoms with van der Waals surface area (Å²) in [5.41, 5.74) is 3.66. The minimum absolute atomic E-state index is 0.113. The highest BCUT2D eigenvalue weighted by molar-refractivity contribution is 6.31. The van der Waals surface area contributed by atoms with Crippen LogP contribution in [0.5, 0.6) is 5.75 Å². The van der Waals surface area contributed by atoms with Gasteiger partial charge in [-0.1, -0.05) is 48.0 Å². The van der Waals surface area contributed by atoms with Crippen molar-refractivity contribution in [2.45, 2.75) is 12.0 Å². The first kappa shape index (κ1) is 22.0. The summed E-state index contributed by atoms with van der Waals surface area (Å²) in [5.74, 6) is -0.496. The Kier molecular flexibility index (Phi) is 5.54. The monoisotopic (exact) mass is 473 g/mol. The fourth-order valence-corrected chi connectivity index (χ4v) is 5.11. The standard InChI is InChI=1S/C27H24ClN3O3/c1-30-15-20(17-8-6-7-11-22(17)30)25-24(18-9-4-5-10-19(18)27(33)31(25)2)26(32)29-21-14-16(28)12-13-23(21)34-3/h4-15,24-25H,1-3H3,(H,29,32)/t24-,25+/m1/s1. The summed E-state index contributed by atoms with van der Waals surface area (Å²) < 4.78 is 7.45. The highest BCUT2D eigenvalue weighted by Gasteiger charge is 2.43. The maximum atomic E-state index is 13.9. The lowest BCUT2D eigenvalue weighted by molar-refractivity contribution is -0.119. The number of para-hydroxylation sites is 1. The third kappa shape index (κ3) is 3.51. The van der Waals surface area contributed by atoms with E-state index in [-0.39, 0.29) is 11.8 Å². The van der Waals surface area contributed by atoms with Crippen molar-refractivity contribution in [1.82, 2.24) is 9.47 Å². The number of hydrogen-bond acceptors (Lipinski definition) is 3. The summed E-state index contributed by atoms with van der Waals surface area (Å²) in [5, 5.41) is 4.50. The number of nitrogens with zero attached hydrogens (tertiary/aromatic N) is 2. The van der Waals surface area contributed by atoms with Crippen LogP contribution in [0.15, 0.2) is 72.9 Å². The number of carbonyl (C=O) groups excluding carboxylic acids is 2. The van der Waals surface area contributed by atoms with E-state index in [1.165, 1.54) is 0 Å². The SMILES string of the molecule is COc1ccc(Cl)cc1NC(=O)[C@@H]1c2ccccc2C(=O)N(C)[C@H]1c1cn(C)c2ccccc12. The number of methoxy groups -OCH3 is 1.